The van der Waals surface area contributed by atoms with Gasteiger partial charge in [-0.1, -0.05) is 38.1 Å². The van der Waals surface area contributed by atoms with E-state index in [-0.39, 0.29) is 12.4 Å². The van der Waals surface area contributed by atoms with Gasteiger partial charge in [0.1, 0.15) is 5.82 Å². The van der Waals surface area contributed by atoms with E-state index in [9.17, 15) is 14.0 Å². The van der Waals surface area contributed by atoms with E-state index in [4.69, 9.17) is 4.42 Å². The fourth-order valence-corrected chi connectivity index (χ4v) is 2.09. The molecule has 0 saturated heterocycles. The molecule has 5 heteroatoms. The van der Waals surface area contributed by atoms with E-state index < -0.39 is 11.4 Å². The molecule has 0 bridgehead atoms. The van der Waals surface area contributed by atoms with E-state index in [1.54, 1.807) is 36.4 Å². The Kier molecular flexibility index (Phi) is 4.88. The van der Waals surface area contributed by atoms with Crippen LogP contribution in [-0.2, 0) is 6.54 Å². The van der Waals surface area contributed by atoms with Crippen LogP contribution >= 0.6 is 0 Å². The van der Waals surface area contributed by atoms with Gasteiger partial charge in [0, 0.05) is 0 Å². The van der Waals surface area contributed by atoms with Crippen LogP contribution in [0.25, 0.3) is 10.9 Å². The molecule has 114 valence electrons. The number of hydrogen-bond acceptors (Lipinski definition) is 3. The van der Waals surface area contributed by atoms with Crippen LogP contribution in [0.3, 0.4) is 0 Å². The molecule has 0 N–H and O–H groups in total. The standard InChI is InChI=1S/C15H10FNO3.C2H6/c16-11-7-5-10(6-8-11)9-17-13-4-2-1-3-12(13)14(18)20-15(17)19;1-2/h1-8H,9H2;1-2H3. The zero-order valence-corrected chi connectivity index (χ0v) is 12.4. The molecule has 4 nitrogen and oxygen atoms in total. The van der Waals surface area contributed by atoms with Crippen molar-refractivity contribution in [2.75, 3.05) is 0 Å². The maximum atomic E-state index is 12.9. The molecule has 0 aliphatic heterocycles. The zero-order chi connectivity index (χ0) is 16.1. The van der Waals surface area contributed by atoms with Crippen molar-refractivity contribution in [2.24, 2.45) is 0 Å². The molecule has 0 aliphatic carbocycles. The third-order valence-electron chi connectivity index (χ3n) is 3.07. The van der Waals surface area contributed by atoms with Gasteiger partial charge in [-0.2, -0.15) is 0 Å². The summed E-state index contributed by atoms with van der Waals surface area (Å²) >= 11 is 0. The Balaban J connectivity index is 0.000000847. The highest BCUT2D eigenvalue weighted by atomic mass is 19.1. The van der Waals surface area contributed by atoms with Crippen LogP contribution < -0.4 is 11.4 Å². The van der Waals surface area contributed by atoms with Crippen molar-refractivity contribution in [3.05, 3.63) is 80.9 Å². The lowest BCUT2D eigenvalue weighted by Gasteiger charge is -2.08. The van der Waals surface area contributed by atoms with E-state index in [0.29, 0.717) is 10.9 Å². The summed E-state index contributed by atoms with van der Waals surface area (Å²) in [5.41, 5.74) is 0.589. The molecule has 0 aliphatic rings. The number of fused-ring (bicyclic) bond motifs is 1. The van der Waals surface area contributed by atoms with Crippen LogP contribution in [0.4, 0.5) is 4.39 Å². The molecule has 22 heavy (non-hydrogen) atoms. The minimum absolute atomic E-state index is 0.212. The van der Waals surface area contributed by atoms with Crippen molar-refractivity contribution in [3.63, 3.8) is 0 Å². The first-order valence-corrected chi connectivity index (χ1v) is 7.02. The van der Waals surface area contributed by atoms with Gasteiger partial charge in [-0.15, -0.1) is 0 Å². The molecular weight excluding hydrogens is 285 g/mol. The van der Waals surface area contributed by atoms with Gasteiger partial charge in [0.15, 0.2) is 0 Å². The largest absolute Gasteiger partial charge is 0.422 e. The second-order valence-electron chi connectivity index (χ2n) is 4.39. The molecule has 0 spiro atoms. The predicted molar refractivity (Wildman–Crippen MR) is 83.6 cm³/mol. The quantitative estimate of drug-likeness (QED) is 0.730. The van der Waals surface area contributed by atoms with Crippen molar-refractivity contribution < 1.29 is 8.81 Å². The summed E-state index contributed by atoms with van der Waals surface area (Å²) in [6, 6.07) is 12.5. The Hall–Kier alpha value is -2.69. The van der Waals surface area contributed by atoms with Gasteiger partial charge in [-0.3, -0.25) is 4.57 Å². The highest BCUT2D eigenvalue weighted by Gasteiger charge is 2.09. The molecule has 0 unspecified atom stereocenters. The van der Waals surface area contributed by atoms with Crippen molar-refractivity contribution in [3.8, 4) is 0 Å². The van der Waals surface area contributed by atoms with Gasteiger partial charge in [-0.25, -0.2) is 14.0 Å². The highest BCUT2D eigenvalue weighted by molar-refractivity contribution is 5.77. The molecule has 3 rings (SSSR count). The third-order valence-corrected chi connectivity index (χ3v) is 3.07. The summed E-state index contributed by atoms with van der Waals surface area (Å²) in [4.78, 5) is 23.5. The number of nitrogens with zero attached hydrogens (tertiary/aromatic N) is 1. The smallest absolute Gasteiger partial charge is 0.372 e. The molecule has 0 fully saturated rings. The number of para-hydroxylation sites is 1. The summed E-state index contributed by atoms with van der Waals surface area (Å²) in [6.07, 6.45) is 0. The average Bonchev–Trinajstić information content (AvgIpc) is 2.55. The van der Waals surface area contributed by atoms with Gasteiger partial charge < -0.3 is 4.42 Å². The topological polar surface area (TPSA) is 52.2 Å². The van der Waals surface area contributed by atoms with Crippen LogP contribution in [0.2, 0.25) is 0 Å². The Bertz CT molecular complexity index is 879. The molecule has 2 aromatic carbocycles. The zero-order valence-electron chi connectivity index (χ0n) is 12.4. The molecule has 1 aromatic heterocycles. The number of benzene rings is 2. The minimum Gasteiger partial charge on any atom is -0.372 e. The van der Waals surface area contributed by atoms with E-state index >= 15 is 0 Å². The fourth-order valence-electron chi connectivity index (χ4n) is 2.09. The molecule has 1 heterocycles. The summed E-state index contributed by atoms with van der Waals surface area (Å²) in [5, 5.41) is 0.342. The van der Waals surface area contributed by atoms with Crippen molar-refractivity contribution >= 4 is 10.9 Å². The molecule has 0 saturated carbocycles. The Labute approximate surface area is 126 Å². The average molecular weight is 301 g/mol. The van der Waals surface area contributed by atoms with Crippen LogP contribution in [0.1, 0.15) is 19.4 Å². The van der Waals surface area contributed by atoms with E-state index in [0.717, 1.165) is 5.56 Å². The van der Waals surface area contributed by atoms with Crippen LogP contribution in [0.15, 0.2) is 62.5 Å². The normalized spacial score (nSPS) is 10.1. The first kappa shape index (κ1) is 15.7. The summed E-state index contributed by atoms with van der Waals surface area (Å²) < 4.78 is 18.9. The number of hydrogen-bond donors (Lipinski definition) is 0. The number of aromatic nitrogens is 1. The van der Waals surface area contributed by atoms with Gasteiger partial charge in [0.25, 0.3) is 0 Å². The van der Waals surface area contributed by atoms with E-state index in [1.165, 1.54) is 16.7 Å². The second-order valence-corrected chi connectivity index (χ2v) is 4.39. The lowest BCUT2D eigenvalue weighted by atomic mass is 10.2. The lowest BCUT2D eigenvalue weighted by Crippen LogP contribution is -2.25. The Morgan fingerprint density at radius 3 is 2.32 bits per heavy atom. The molecule has 0 amide bonds. The van der Waals surface area contributed by atoms with Gasteiger partial charge in [0.05, 0.1) is 17.4 Å². The van der Waals surface area contributed by atoms with Crippen LogP contribution in [0.5, 0.6) is 0 Å². The van der Waals surface area contributed by atoms with Crippen molar-refractivity contribution in [1.82, 2.24) is 4.57 Å². The molecular formula is C17H16FNO3. The first-order valence-electron chi connectivity index (χ1n) is 7.02. The van der Waals surface area contributed by atoms with Crippen LogP contribution in [-0.4, -0.2) is 4.57 Å². The Morgan fingerprint density at radius 1 is 1.00 bits per heavy atom. The first-order chi connectivity index (χ1) is 10.6. The van der Waals surface area contributed by atoms with E-state index in [1.807, 2.05) is 13.8 Å². The minimum atomic E-state index is -0.724. The van der Waals surface area contributed by atoms with Gasteiger partial charge >= 0.3 is 11.4 Å². The Morgan fingerprint density at radius 2 is 1.64 bits per heavy atom. The van der Waals surface area contributed by atoms with Crippen molar-refractivity contribution in [2.45, 2.75) is 20.4 Å². The maximum Gasteiger partial charge on any atom is 0.422 e. The van der Waals surface area contributed by atoms with Gasteiger partial charge in [0.2, 0.25) is 0 Å². The summed E-state index contributed by atoms with van der Waals surface area (Å²) in [7, 11) is 0. The van der Waals surface area contributed by atoms with Crippen LogP contribution in [0, 0.1) is 5.82 Å². The highest BCUT2D eigenvalue weighted by Crippen LogP contribution is 2.10. The number of halogens is 1. The molecule has 0 radical (unpaired) electrons. The van der Waals surface area contributed by atoms with Crippen molar-refractivity contribution in [1.29, 1.82) is 0 Å². The predicted octanol–water partition coefficient (Wildman–Crippen LogP) is 3.17. The van der Waals surface area contributed by atoms with Gasteiger partial charge in [-0.05, 0) is 29.8 Å². The van der Waals surface area contributed by atoms with E-state index in [2.05, 4.69) is 0 Å². The molecule has 3 aromatic rings. The molecule has 0 atom stereocenters. The monoisotopic (exact) mass is 301 g/mol. The second kappa shape index (κ2) is 6.85. The maximum absolute atomic E-state index is 12.9. The third kappa shape index (κ3) is 3.14. The summed E-state index contributed by atoms with van der Waals surface area (Å²) in [6.45, 7) is 4.21. The fraction of sp³-hybridized carbons (Fsp3) is 0.176. The lowest BCUT2D eigenvalue weighted by molar-refractivity contribution is 0.425. The SMILES string of the molecule is CC.O=c1oc(=O)n(Cc2ccc(F)cc2)c2ccccc12. The summed E-state index contributed by atoms with van der Waals surface area (Å²) in [5.74, 6) is -1.07. The number of rotatable bonds is 2.